The van der Waals surface area contributed by atoms with Gasteiger partial charge in [0.1, 0.15) is 5.75 Å². The third kappa shape index (κ3) is 4.72. The van der Waals surface area contributed by atoms with Crippen molar-refractivity contribution < 1.29 is 37.3 Å². The summed E-state index contributed by atoms with van der Waals surface area (Å²) in [6.45, 7) is 0.140. The van der Waals surface area contributed by atoms with Gasteiger partial charge in [0.2, 0.25) is 5.91 Å². The number of aliphatic carboxylic acids is 1. The van der Waals surface area contributed by atoms with Gasteiger partial charge in [-0.25, -0.2) is 4.79 Å². The van der Waals surface area contributed by atoms with Gasteiger partial charge in [0.05, 0.1) is 13.2 Å². The smallest absolute Gasteiger partial charge is 0.480 e. The number of para-hydroxylation sites is 1. The highest BCUT2D eigenvalue weighted by molar-refractivity contribution is 5.94. The molecular weight excluding hydrogens is 331 g/mol. The van der Waals surface area contributed by atoms with Crippen LogP contribution in [0.2, 0.25) is 0 Å². The Bertz CT molecular complexity index is 644. The van der Waals surface area contributed by atoms with Crippen LogP contribution >= 0.6 is 0 Å². The number of benzene rings is 1. The summed E-state index contributed by atoms with van der Waals surface area (Å²) in [7, 11) is 0. The molecule has 0 aromatic heterocycles. The molecule has 0 aliphatic carbocycles. The molecule has 0 bridgehead atoms. The third-order valence-corrected chi connectivity index (χ3v) is 3.25. The van der Waals surface area contributed by atoms with Crippen molar-refractivity contribution in [3.05, 3.63) is 35.9 Å². The molecule has 130 valence electrons. The molecule has 1 fully saturated rings. The molecule has 1 atom stereocenters. The molecule has 2 rings (SSSR count). The Kier molecular flexibility index (Phi) is 5.45. The number of ether oxygens (including phenoxy) is 2. The molecule has 9 heteroatoms. The highest BCUT2D eigenvalue weighted by Crippen LogP contribution is 2.27. The number of halogens is 3. The molecule has 1 aromatic rings. The topological polar surface area (TPSA) is 76.1 Å². The second kappa shape index (κ2) is 7.35. The molecule has 1 saturated heterocycles. The van der Waals surface area contributed by atoms with Gasteiger partial charge in [-0.05, 0) is 12.1 Å². The van der Waals surface area contributed by atoms with Crippen LogP contribution in [0.25, 0.3) is 6.08 Å². The highest BCUT2D eigenvalue weighted by atomic mass is 19.4. The van der Waals surface area contributed by atoms with E-state index in [1.54, 1.807) is 0 Å². The average Bonchev–Trinajstić information content (AvgIpc) is 2.52. The van der Waals surface area contributed by atoms with Crippen LogP contribution in [0, 0.1) is 0 Å². The molecule has 1 aliphatic rings. The van der Waals surface area contributed by atoms with E-state index in [4.69, 9.17) is 9.84 Å². The number of nitrogens with zero attached hydrogens (tertiary/aromatic N) is 1. The van der Waals surface area contributed by atoms with Gasteiger partial charge in [-0.1, -0.05) is 18.2 Å². The standard InChI is InChI=1S/C15H14F3NO5/c16-15(17,18)24-12-4-2-1-3-10(12)5-6-13(20)19-7-8-23-9-11(19)14(21)22/h1-6,11H,7-9H2,(H,21,22). The van der Waals surface area contributed by atoms with Crippen molar-refractivity contribution in [3.63, 3.8) is 0 Å². The summed E-state index contributed by atoms with van der Waals surface area (Å²) >= 11 is 0. The van der Waals surface area contributed by atoms with E-state index in [1.165, 1.54) is 18.2 Å². The summed E-state index contributed by atoms with van der Waals surface area (Å²) in [4.78, 5) is 24.3. The molecule has 6 nitrogen and oxygen atoms in total. The van der Waals surface area contributed by atoms with Gasteiger partial charge in [-0.2, -0.15) is 0 Å². The minimum Gasteiger partial charge on any atom is -0.480 e. The molecule has 1 aromatic carbocycles. The predicted molar refractivity (Wildman–Crippen MR) is 76.1 cm³/mol. The summed E-state index contributed by atoms with van der Waals surface area (Å²) < 4.78 is 45.9. The van der Waals surface area contributed by atoms with Crippen molar-refractivity contribution in [1.29, 1.82) is 0 Å². The Morgan fingerprint density at radius 3 is 2.71 bits per heavy atom. The van der Waals surface area contributed by atoms with Crippen LogP contribution in [-0.2, 0) is 14.3 Å². The van der Waals surface area contributed by atoms with Crippen molar-refractivity contribution in [2.45, 2.75) is 12.4 Å². The fourth-order valence-corrected chi connectivity index (χ4v) is 2.16. The van der Waals surface area contributed by atoms with E-state index in [0.717, 1.165) is 23.1 Å². The number of carbonyl (C=O) groups excluding carboxylic acids is 1. The minimum atomic E-state index is -4.85. The number of morpholine rings is 1. The third-order valence-electron chi connectivity index (χ3n) is 3.25. The van der Waals surface area contributed by atoms with Crippen molar-refractivity contribution in [3.8, 4) is 5.75 Å². The Balaban J connectivity index is 2.15. The van der Waals surface area contributed by atoms with E-state index in [0.29, 0.717) is 0 Å². The molecule has 24 heavy (non-hydrogen) atoms. The second-order valence-electron chi connectivity index (χ2n) is 4.88. The maximum absolute atomic E-state index is 12.4. The van der Waals surface area contributed by atoms with E-state index in [-0.39, 0.29) is 25.3 Å². The molecule has 1 N–H and O–H groups in total. The van der Waals surface area contributed by atoms with Gasteiger partial charge >= 0.3 is 12.3 Å². The molecule has 1 heterocycles. The van der Waals surface area contributed by atoms with Gasteiger partial charge in [0.15, 0.2) is 6.04 Å². The average molecular weight is 345 g/mol. The first-order valence-electron chi connectivity index (χ1n) is 6.92. The lowest BCUT2D eigenvalue weighted by Crippen LogP contribution is -2.52. The first kappa shape index (κ1) is 17.8. The lowest BCUT2D eigenvalue weighted by molar-refractivity contribution is -0.274. The number of rotatable bonds is 4. The van der Waals surface area contributed by atoms with Crippen LogP contribution in [0.1, 0.15) is 5.56 Å². The van der Waals surface area contributed by atoms with Crippen molar-refractivity contribution in [2.75, 3.05) is 19.8 Å². The number of carboxylic acids is 1. The molecule has 0 radical (unpaired) electrons. The molecule has 1 unspecified atom stereocenters. The summed E-state index contributed by atoms with van der Waals surface area (Å²) in [6, 6.07) is 4.19. The maximum Gasteiger partial charge on any atom is 0.573 e. The zero-order valence-electron chi connectivity index (χ0n) is 12.3. The van der Waals surface area contributed by atoms with Gasteiger partial charge in [0, 0.05) is 18.2 Å². The van der Waals surface area contributed by atoms with E-state index in [1.807, 2.05) is 0 Å². The molecule has 1 amide bonds. The van der Waals surface area contributed by atoms with E-state index in [9.17, 15) is 22.8 Å². The quantitative estimate of drug-likeness (QED) is 0.844. The minimum absolute atomic E-state index is 0.0447. The number of carboxylic acid groups (broad SMARTS) is 1. The number of amides is 1. The zero-order valence-corrected chi connectivity index (χ0v) is 12.3. The van der Waals surface area contributed by atoms with Gasteiger partial charge < -0.3 is 19.5 Å². The Morgan fingerprint density at radius 2 is 2.04 bits per heavy atom. The van der Waals surface area contributed by atoms with Gasteiger partial charge in [-0.15, -0.1) is 13.2 Å². The summed E-state index contributed by atoms with van der Waals surface area (Å²) in [5.74, 6) is -2.30. The van der Waals surface area contributed by atoms with Crippen LogP contribution in [0.5, 0.6) is 5.75 Å². The SMILES string of the molecule is O=C(O)C1COCCN1C(=O)C=Cc1ccccc1OC(F)(F)F. The monoisotopic (exact) mass is 345 g/mol. The molecule has 0 saturated carbocycles. The summed E-state index contributed by atoms with van der Waals surface area (Å²) in [6.07, 6.45) is -2.69. The largest absolute Gasteiger partial charge is 0.573 e. The normalized spacial score (nSPS) is 18.6. The Labute approximate surface area is 135 Å². The molecule has 0 spiro atoms. The first-order valence-corrected chi connectivity index (χ1v) is 6.92. The number of alkyl halides is 3. The van der Waals surface area contributed by atoms with Crippen molar-refractivity contribution in [2.24, 2.45) is 0 Å². The van der Waals surface area contributed by atoms with Crippen LogP contribution in [0.15, 0.2) is 30.3 Å². The van der Waals surface area contributed by atoms with Crippen LogP contribution in [0.3, 0.4) is 0 Å². The Morgan fingerprint density at radius 1 is 1.33 bits per heavy atom. The van der Waals surface area contributed by atoms with Crippen LogP contribution in [0.4, 0.5) is 13.2 Å². The molecule has 1 aliphatic heterocycles. The van der Waals surface area contributed by atoms with Gasteiger partial charge in [-0.3, -0.25) is 4.79 Å². The zero-order chi connectivity index (χ0) is 17.7. The molecular formula is C15H14F3NO5. The predicted octanol–water partition coefficient (Wildman–Crippen LogP) is 1.91. The first-order chi connectivity index (χ1) is 11.3. The van der Waals surface area contributed by atoms with Gasteiger partial charge in [0.25, 0.3) is 0 Å². The second-order valence-corrected chi connectivity index (χ2v) is 4.88. The lowest BCUT2D eigenvalue weighted by atomic mass is 10.1. The summed E-state index contributed by atoms with van der Waals surface area (Å²) in [5, 5.41) is 9.07. The number of hydrogen-bond acceptors (Lipinski definition) is 4. The van der Waals surface area contributed by atoms with Crippen molar-refractivity contribution in [1.82, 2.24) is 4.90 Å². The fourth-order valence-electron chi connectivity index (χ4n) is 2.16. The summed E-state index contributed by atoms with van der Waals surface area (Å²) in [5.41, 5.74) is 0.0447. The van der Waals surface area contributed by atoms with E-state index < -0.39 is 30.0 Å². The number of carbonyl (C=O) groups is 2. The Hall–Kier alpha value is -2.55. The van der Waals surface area contributed by atoms with Crippen LogP contribution in [-0.4, -0.2) is 54.0 Å². The van der Waals surface area contributed by atoms with Crippen LogP contribution < -0.4 is 4.74 Å². The van der Waals surface area contributed by atoms with E-state index in [2.05, 4.69) is 4.74 Å². The lowest BCUT2D eigenvalue weighted by Gasteiger charge is -2.32. The number of hydrogen-bond donors (Lipinski definition) is 1. The highest BCUT2D eigenvalue weighted by Gasteiger charge is 2.33. The van der Waals surface area contributed by atoms with E-state index >= 15 is 0 Å². The maximum atomic E-state index is 12.4. The fraction of sp³-hybridized carbons (Fsp3) is 0.333. The van der Waals surface area contributed by atoms with Crippen molar-refractivity contribution >= 4 is 18.0 Å².